The predicted molar refractivity (Wildman–Crippen MR) is 55.5 cm³/mol. The molecule has 1 aromatic carbocycles. The van der Waals surface area contributed by atoms with Gasteiger partial charge in [0.15, 0.2) is 5.78 Å². The van der Waals surface area contributed by atoms with Crippen molar-refractivity contribution in [1.29, 1.82) is 0 Å². The summed E-state index contributed by atoms with van der Waals surface area (Å²) in [6.45, 7) is 1.36. The summed E-state index contributed by atoms with van der Waals surface area (Å²) >= 11 is 5.81. The Labute approximate surface area is 86.9 Å². The first kappa shape index (κ1) is 10.7. The van der Waals surface area contributed by atoms with E-state index >= 15 is 0 Å². The van der Waals surface area contributed by atoms with Crippen LogP contribution in [-0.2, 0) is 4.79 Å². The first-order valence-corrected chi connectivity index (χ1v) is 4.46. The van der Waals surface area contributed by atoms with Gasteiger partial charge in [-0.05, 0) is 19.1 Å². The Morgan fingerprint density at radius 3 is 2.64 bits per heavy atom. The topological polar surface area (TPSA) is 60.2 Å². The van der Waals surface area contributed by atoms with Crippen molar-refractivity contribution < 1.29 is 9.59 Å². The van der Waals surface area contributed by atoms with Gasteiger partial charge in [0, 0.05) is 5.56 Å². The van der Waals surface area contributed by atoms with Gasteiger partial charge in [0.2, 0.25) is 0 Å². The lowest BCUT2D eigenvalue weighted by molar-refractivity contribution is -0.116. The van der Waals surface area contributed by atoms with Crippen molar-refractivity contribution in [3.05, 3.63) is 28.8 Å². The molecule has 4 heteroatoms. The zero-order valence-electron chi connectivity index (χ0n) is 7.71. The maximum Gasteiger partial charge on any atom is 0.171 e. The average molecular weight is 212 g/mol. The first-order valence-electron chi connectivity index (χ1n) is 4.09. The van der Waals surface area contributed by atoms with Gasteiger partial charge in [0.25, 0.3) is 0 Å². The van der Waals surface area contributed by atoms with Crippen LogP contribution >= 0.6 is 11.6 Å². The number of carbonyl (C=O) groups is 2. The lowest BCUT2D eigenvalue weighted by Crippen LogP contribution is -2.06. The Bertz CT molecular complexity index is 388. The monoisotopic (exact) mass is 211 g/mol. The lowest BCUT2D eigenvalue weighted by Gasteiger charge is -2.03. The SMILES string of the molecule is CC(=O)CC(=O)c1cccc(N)c1Cl. The van der Waals surface area contributed by atoms with E-state index in [0.717, 1.165) is 0 Å². The lowest BCUT2D eigenvalue weighted by atomic mass is 10.1. The molecular formula is C10H10ClNO2. The number of nitrogens with two attached hydrogens (primary N) is 1. The van der Waals surface area contributed by atoms with Gasteiger partial charge in [-0.3, -0.25) is 9.59 Å². The predicted octanol–water partition coefficient (Wildman–Crippen LogP) is 2.08. The minimum Gasteiger partial charge on any atom is -0.398 e. The Kier molecular flexibility index (Phi) is 3.25. The summed E-state index contributed by atoms with van der Waals surface area (Å²) in [7, 11) is 0. The zero-order valence-corrected chi connectivity index (χ0v) is 8.47. The fraction of sp³-hybridized carbons (Fsp3) is 0.200. The van der Waals surface area contributed by atoms with Crippen LogP contribution in [0.1, 0.15) is 23.7 Å². The van der Waals surface area contributed by atoms with E-state index in [1.807, 2.05) is 0 Å². The van der Waals surface area contributed by atoms with E-state index in [0.29, 0.717) is 11.3 Å². The molecule has 0 amide bonds. The van der Waals surface area contributed by atoms with Gasteiger partial charge in [-0.25, -0.2) is 0 Å². The van der Waals surface area contributed by atoms with E-state index in [-0.39, 0.29) is 23.0 Å². The second kappa shape index (κ2) is 4.24. The second-order valence-electron chi connectivity index (χ2n) is 3.01. The van der Waals surface area contributed by atoms with Crippen LogP contribution in [0.3, 0.4) is 0 Å². The fourth-order valence-corrected chi connectivity index (χ4v) is 1.32. The summed E-state index contributed by atoms with van der Waals surface area (Å²) in [5.74, 6) is -0.483. The molecule has 0 aliphatic rings. The quantitative estimate of drug-likeness (QED) is 0.473. The van der Waals surface area contributed by atoms with Crippen molar-refractivity contribution in [2.45, 2.75) is 13.3 Å². The minimum absolute atomic E-state index is 0.136. The highest BCUT2D eigenvalue weighted by atomic mass is 35.5. The molecule has 0 aromatic heterocycles. The molecule has 1 aromatic rings. The van der Waals surface area contributed by atoms with Gasteiger partial charge >= 0.3 is 0 Å². The Hall–Kier alpha value is -1.35. The Balaban J connectivity index is 3.01. The molecule has 3 nitrogen and oxygen atoms in total. The van der Waals surface area contributed by atoms with Crippen molar-refractivity contribution in [1.82, 2.24) is 0 Å². The van der Waals surface area contributed by atoms with Gasteiger partial charge < -0.3 is 5.73 Å². The summed E-state index contributed by atoms with van der Waals surface area (Å²) in [6, 6.07) is 4.80. The summed E-state index contributed by atoms with van der Waals surface area (Å²) in [6.07, 6.45) is -0.136. The molecule has 0 aliphatic carbocycles. The number of hydrogen-bond acceptors (Lipinski definition) is 3. The molecule has 0 aliphatic heterocycles. The van der Waals surface area contributed by atoms with Gasteiger partial charge in [-0.2, -0.15) is 0 Å². The third-order valence-corrected chi connectivity index (χ3v) is 2.16. The molecule has 0 fully saturated rings. The maximum atomic E-state index is 11.5. The Morgan fingerprint density at radius 1 is 1.43 bits per heavy atom. The molecular weight excluding hydrogens is 202 g/mol. The van der Waals surface area contributed by atoms with E-state index in [2.05, 4.69) is 0 Å². The van der Waals surface area contributed by atoms with Gasteiger partial charge in [0.05, 0.1) is 17.1 Å². The summed E-state index contributed by atoms with van der Waals surface area (Å²) in [4.78, 5) is 22.2. The first-order chi connectivity index (χ1) is 6.52. The molecule has 0 atom stereocenters. The molecule has 0 spiro atoms. The number of hydrogen-bond donors (Lipinski definition) is 1. The molecule has 0 bridgehead atoms. The smallest absolute Gasteiger partial charge is 0.171 e. The standard InChI is InChI=1S/C10H10ClNO2/c1-6(13)5-9(14)7-3-2-4-8(12)10(7)11/h2-4H,5,12H2,1H3. The van der Waals surface area contributed by atoms with Crippen LogP contribution in [0.2, 0.25) is 5.02 Å². The van der Waals surface area contributed by atoms with Gasteiger partial charge in [-0.1, -0.05) is 17.7 Å². The number of anilines is 1. The summed E-state index contributed by atoms with van der Waals surface area (Å²) < 4.78 is 0. The van der Waals surface area contributed by atoms with Crippen molar-refractivity contribution in [2.75, 3.05) is 5.73 Å². The highest BCUT2D eigenvalue weighted by molar-refractivity contribution is 6.36. The highest BCUT2D eigenvalue weighted by Crippen LogP contribution is 2.24. The van der Waals surface area contributed by atoms with E-state index in [1.54, 1.807) is 18.2 Å². The number of ketones is 2. The number of benzene rings is 1. The molecule has 1 rings (SSSR count). The van der Waals surface area contributed by atoms with Crippen molar-refractivity contribution in [2.24, 2.45) is 0 Å². The van der Waals surface area contributed by atoms with Crippen LogP contribution in [0.15, 0.2) is 18.2 Å². The molecule has 0 saturated carbocycles. The Morgan fingerprint density at radius 2 is 2.07 bits per heavy atom. The van der Waals surface area contributed by atoms with Crippen molar-refractivity contribution in [3.8, 4) is 0 Å². The van der Waals surface area contributed by atoms with E-state index < -0.39 is 0 Å². The van der Waals surface area contributed by atoms with Crippen LogP contribution in [0.4, 0.5) is 5.69 Å². The third-order valence-electron chi connectivity index (χ3n) is 1.74. The summed E-state index contributed by atoms with van der Waals surface area (Å²) in [5, 5.41) is 0.221. The molecule has 0 saturated heterocycles. The number of halogens is 1. The number of nitrogen functional groups attached to an aromatic ring is 1. The van der Waals surface area contributed by atoms with Gasteiger partial charge in [0.1, 0.15) is 5.78 Å². The van der Waals surface area contributed by atoms with Crippen LogP contribution in [-0.4, -0.2) is 11.6 Å². The van der Waals surface area contributed by atoms with Gasteiger partial charge in [-0.15, -0.1) is 0 Å². The molecule has 0 radical (unpaired) electrons. The largest absolute Gasteiger partial charge is 0.398 e. The van der Waals surface area contributed by atoms with Crippen LogP contribution < -0.4 is 5.73 Å². The van der Waals surface area contributed by atoms with E-state index in [9.17, 15) is 9.59 Å². The zero-order chi connectivity index (χ0) is 10.7. The molecule has 14 heavy (non-hydrogen) atoms. The minimum atomic E-state index is -0.296. The number of rotatable bonds is 3. The fourth-order valence-electron chi connectivity index (χ4n) is 1.09. The maximum absolute atomic E-state index is 11.5. The normalized spacial score (nSPS) is 9.86. The van der Waals surface area contributed by atoms with Crippen molar-refractivity contribution in [3.63, 3.8) is 0 Å². The highest BCUT2D eigenvalue weighted by Gasteiger charge is 2.13. The molecule has 2 N–H and O–H groups in total. The van der Waals surface area contributed by atoms with Crippen LogP contribution in [0.5, 0.6) is 0 Å². The molecule has 0 heterocycles. The van der Waals surface area contributed by atoms with Crippen molar-refractivity contribution >= 4 is 28.9 Å². The molecule has 0 unspecified atom stereocenters. The second-order valence-corrected chi connectivity index (χ2v) is 3.39. The molecule has 74 valence electrons. The third kappa shape index (κ3) is 2.33. The average Bonchev–Trinajstić information content (AvgIpc) is 2.08. The number of Topliss-reactive ketones (excluding diaryl/α,β-unsaturated/α-hetero) is 2. The van der Waals surface area contributed by atoms with E-state index in [4.69, 9.17) is 17.3 Å². The van der Waals surface area contributed by atoms with E-state index in [1.165, 1.54) is 6.92 Å². The van der Waals surface area contributed by atoms with Crippen LogP contribution in [0, 0.1) is 0 Å². The number of carbonyl (C=O) groups excluding carboxylic acids is 2. The van der Waals surface area contributed by atoms with Crippen LogP contribution in [0.25, 0.3) is 0 Å². The summed E-state index contributed by atoms with van der Waals surface area (Å²) in [5.41, 5.74) is 6.18.